The highest BCUT2D eigenvalue weighted by Gasteiger charge is 2.36. The van der Waals surface area contributed by atoms with Crippen LogP contribution in [-0.2, 0) is 6.42 Å². The molecule has 1 aromatic heterocycles. The number of likely N-dealkylation sites (N-methyl/N-ethyl adjacent to an activating group) is 1. The molecule has 1 fully saturated rings. The lowest BCUT2D eigenvalue weighted by Crippen LogP contribution is -2.54. The van der Waals surface area contributed by atoms with E-state index >= 15 is 0 Å². The van der Waals surface area contributed by atoms with Crippen molar-refractivity contribution in [2.75, 3.05) is 20.1 Å². The Labute approximate surface area is 123 Å². The number of nitrogens with two attached hydrogens (primary N) is 1. The molecule has 1 heterocycles. The zero-order chi connectivity index (χ0) is 14.4. The Hall–Kier alpha value is -0.930. The monoisotopic (exact) mass is 275 g/mol. The van der Waals surface area contributed by atoms with Crippen LogP contribution in [0.25, 0.3) is 0 Å². The molecule has 1 aromatic rings. The van der Waals surface area contributed by atoms with Gasteiger partial charge < -0.3 is 5.73 Å². The van der Waals surface area contributed by atoms with Gasteiger partial charge in [0.25, 0.3) is 0 Å². The van der Waals surface area contributed by atoms with Crippen LogP contribution in [0, 0.1) is 5.92 Å². The predicted molar refractivity (Wildman–Crippen MR) is 84.6 cm³/mol. The molecule has 0 amide bonds. The molecule has 0 radical (unpaired) electrons. The summed E-state index contributed by atoms with van der Waals surface area (Å²) in [6.07, 6.45) is 11.4. The van der Waals surface area contributed by atoms with E-state index in [1.807, 2.05) is 12.4 Å². The molecule has 2 rings (SSSR count). The quantitative estimate of drug-likeness (QED) is 0.868. The molecule has 1 aliphatic rings. The first-order valence-corrected chi connectivity index (χ1v) is 8.00. The molecule has 0 spiro atoms. The van der Waals surface area contributed by atoms with Gasteiger partial charge in [-0.15, -0.1) is 0 Å². The van der Waals surface area contributed by atoms with Crippen molar-refractivity contribution in [2.45, 2.75) is 51.0 Å². The maximum absolute atomic E-state index is 6.14. The Bertz CT molecular complexity index is 382. The van der Waals surface area contributed by atoms with E-state index in [1.165, 1.54) is 37.7 Å². The molecule has 2 N–H and O–H groups in total. The molecule has 3 nitrogen and oxygen atoms in total. The van der Waals surface area contributed by atoms with Crippen LogP contribution in [0.4, 0.5) is 0 Å². The topological polar surface area (TPSA) is 42.1 Å². The van der Waals surface area contributed by atoms with E-state index in [-0.39, 0.29) is 5.54 Å². The van der Waals surface area contributed by atoms with Crippen molar-refractivity contribution in [2.24, 2.45) is 11.7 Å². The van der Waals surface area contributed by atoms with Crippen molar-refractivity contribution in [3.8, 4) is 0 Å². The Kier molecular flexibility index (Phi) is 5.55. The SMILES string of the molecule is CCC1CCC(CN)(N(C)CCc2ccncc2)CC1. The average molecular weight is 275 g/mol. The molecular weight excluding hydrogens is 246 g/mol. The molecule has 112 valence electrons. The predicted octanol–water partition coefficient (Wildman–Crippen LogP) is 2.85. The van der Waals surface area contributed by atoms with Gasteiger partial charge in [-0.2, -0.15) is 0 Å². The molecule has 0 aromatic carbocycles. The van der Waals surface area contributed by atoms with Gasteiger partial charge in [0.05, 0.1) is 0 Å². The summed E-state index contributed by atoms with van der Waals surface area (Å²) in [4.78, 5) is 6.59. The summed E-state index contributed by atoms with van der Waals surface area (Å²) in [6.45, 7) is 4.18. The lowest BCUT2D eigenvalue weighted by molar-refractivity contribution is 0.0650. The molecule has 0 unspecified atom stereocenters. The fourth-order valence-corrected chi connectivity index (χ4v) is 3.45. The van der Waals surface area contributed by atoms with Crippen molar-refractivity contribution in [1.82, 2.24) is 9.88 Å². The molecule has 1 aliphatic carbocycles. The second-order valence-electron chi connectivity index (χ2n) is 6.31. The first-order valence-electron chi connectivity index (χ1n) is 8.00. The smallest absolute Gasteiger partial charge is 0.0329 e. The minimum atomic E-state index is 0.235. The first kappa shape index (κ1) is 15.5. The molecule has 20 heavy (non-hydrogen) atoms. The second-order valence-corrected chi connectivity index (χ2v) is 6.31. The van der Waals surface area contributed by atoms with Crippen LogP contribution in [0.5, 0.6) is 0 Å². The fraction of sp³-hybridized carbons (Fsp3) is 0.706. The van der Waals surface area contributed by atoms with Gasteiger partial charge >= 0.3 is 0 Å². The number of aromatic nitrogens is 1. The van der Waals surface area contributed by atoms with Crippen molar-refractivity contribution < 1.29 is 0 Å². The molecule has 0 saturated heterocycles. The van der Waals surface area contributed by atoms with Gasteiger partial charge in [0, 0.05) is 31.0 Å². The van der Waals surface area contributed by atoms with Gasteiger partial charge in [-0.1, -0.05) is 13.3 Å². The number of rotatable bonds is 6. The number of hydrogen-bond acceptors (Lipinski definition) is 3. The van der Waals surface area contributed by atoms with Crippen LogP contribution >= 0.6 is 0 Å². The summed E-state index contributed by atoms with van der Waals surface area (Å²) in [5, 5.41) is 0. The Balaban J connectivity index is 1.90. The molecule has 0 bridgehead atoms. The van der Waals surface area contributed by atoms with Gasteiger partial charge in [0.1, 0.15) is 0 Å². The van der Waals surface area contributed by atoms with Gasteiger partial charge in [0.15, 0.2) is 0 Å². The molecule has 1 saturated carbocycles. The van der Waals surface area contributed by atoms with Crippen LogP contribution in [0.1, 0.15) is 44.6 Å². The van der Waals surface area contributed by atoms with E-state index in [0.717, 1.165) is 25.4 Å². The molecular formula is C17H29N3. The first-order chi connectivity index (χ1) is 9.70. The summed E-state index contributed by atoms with van der Waals surface area (Å²) in [5.74, 6) is 0.920. The second kappa shape index (κ2) is 7.19. The summed E-state index contributed by atoms with van der Waals surface area (Å²) < 4.78 is 0. The highest BCUT2D eigenvalue weighted by molar-refractivity contribution is 5.10. The normalized spacial score (nSPS) is 26.9. The molecule has 3 heteroatoms. The van der Waals surface area contributed by atoms with Gasteiger partial charge in [-0.05, 0) is 62.8 Å². The van der Waals surface area contributed by atoms with Gasteiger partial charge in [-0.25, -0.2) is 0 Å². The third kappa shape index (κ3) is 3.58. The minimum absolute atomic E-state index is 0.235. The Morgan fingerprint density at radius 3 is 2.50 bits per heavy atom. The van der Waals surface area contributed by atoms with Crippen molar-refractivity contribution >= 4 is 0 Å². The highest BCUT2D eigenvalue weighted by atomic mass is 15.2. The zero-order valence-corrected chi connectivity index (χ0v) is 13.0. The summed E-state index contributed by atoms with van der Waals surface area (Å²) >= 11 is 0. The van der Waals surface area contributed by atoms with Crippen molar-refractivity contribution in [3.05, 3.63) is 30.1 Å². The molecule has 0 atom stereocenters. The number of nitrogens with zero attached hydrogens (tertiary/aromatic N) is 2. The lowest BCUT2D eigenvalue weighted by Gasteiger charge is -2.46. The lowest BCUT2D eigenvalue weighted by atomic mass is 9.74. The van der Waals surface area contributed by atoms with Crippen LogP contribution in [0.15, 0.2) is 24.5 Å². The third-order valence-electron chi connectivity index (χ3n) is 5.29. The fourth-order valence-electron chi connectivity index (χ4n) is 3.45. The third-order valence-corrected chi connectivity index (χ3v) is 5.29. The maximum atomic E-state index is 6.14. The summed E-state index contributed by atoms with van der Waals surface area (Å²) in [5.41, 5.74) is 7.74. The van der Waals surface area contributed by atoms with E-state index < -0.39 is 0 Å². The van der Waals surface area contributed by atoms with E-state index in [1.54, 1.807) is 0 Å². The number of hydrogen-bond donors (Lipinski definition) is 1. The van der Waals surface area contributed by atoms with Crippen molar-refractivity contribution in [3.63, 3.8) is 0 Å². The maximum Gasteiger partial charge on any atom is 0.0329 e. The summed E-state index contributed by atoms with van der Waals surface area (Å²) in [6, 6.07) is 4.22. The van der Waals surface area contributed by atoms with E-state index in [9.17, 15) is 0 Å². The Morgan fingerprint density at radius 1 is 1.30 bits per heavy atom. The van der Waals surface area contributed by atoms with Crippen LogP contribution in [0.2, 0.25) is 0 Å². The Morgan fingerprint density at radius 2 is 1.95 bits per heavy atom. The van der Waals surface area contributed by atoms with E-state index in [4.69, 9.17) is 5.73 Å². The van der Waals surface area contributed by atoms with Crippen LogP contribution in [0.3, 0.4) is 0 Å². The minimum Gasteiger partial charge on any atom is -0.329 e. The largest absolute Gasteiger partial charge is 0.329 e. The highest BCUT2D eigenvalue weighted by Crippen LogP contribution is 2.36. The average Bonchev–Trinajstić information content (AvgIpc) is 2.53. The van der Waals surface area contributed by atoms with Crippen LogP contribution in [-0.4, -0.2) is 35.6 Å². The molecule has 0 aliphatic heterocycles. The van der Waals surface area contributed by atoms with Gasteiger partial charge in [-0.3, -0.25) is 9.88 Å². The van der Waals surface area contributed by atoms with Crippen LogP contribution < -0.4 is 5.73 Å². The number of pyridine rings is 1. The summed E-state index contributed by atoms with van der Waals surface area (Å²) in [7, 11) is 2.25. The van der Waals surface area contributed by atoms with Gasteiger partial charge in [0.2, 0.25) is 0 Å². The zero-order valence-electron chi connectivity index (χ0n) is 13.0. The van der Waals surface area contributed by atoms with E-state index in [0.29, 0.717) is 0 Å². The van der Waals surface area contributed by atoms with E-state index in [2.05, 4.69) is 36.0 Å². The van der Waals surface area contributed by atoms with Crippen molar-refractivity contribution in [1.29, 1.82) is 0 Å². The standard InChI is InChI=1S/C17H29N3/c1-3-15-4-9-17(14-18,10-5-15)20(2)13-8-16-6-11-19-12-7-16/h6-7,11-12,15H,3-5,8-10,13-14,18H2,1-2H3.